The molecule has 0 aliphatic carbocycles. The molecular weight excluding hydrogens is 326 g/mol. The first kappa shape index (κ1) is 17.9. The Kier molecular flexibility index (Phi) is 5.68. The Balaban J connectivity index is 2.04. The Morgan fingerprint density at radius 3 is 2.56 bits per heavy atom. The molecule has 1 heterocycles. The van der Waals surface area contributed by atoms with Crippen LogP contribution in [-0.2, 0) is 9.59 Å². The minimum absolute atomic E-state index is 0.00690. The fourth-order valence-corrected chi connectivity index (χ4v) is 2.38. The monoisotopic (exact) mass is 343 g/mol. The van der Waals surface area contributed by atoms with Crippen LogP contribution < -0.4 is 5.32 Å². The molecule has 9 heteroatoms. The third kappa shape index (κ3) is 4.78. The summed E-state index contributed by atoms with van der Waals surface area (Å²) in [5, 5.41) is 22.4. The highest BCUT2D eigenvalue weighted by Gasteiger charge is 2.19. The molecule has 1 aliphatic rings. The molecule has 25 heavy (non-hydrogen) atoms. The van der Waals surface area contributed by atoms with Crippen molar-refractivity contribution in [1.29, 1.82) is 5.26 Å². The Labute approximate surface area is 144 Å². The number of hydrogen-bond donors (Lipinski definition) is 1. The van der Waals surface area contributed by atoms with E-state index < -0.39 is 10.8 Å². The number of nitro groups is 1. The van der Waals surface area contributed by atoms with E-state index in [9.17, 15) is 25.0 Å². The highest BCUT2D eigenvalue weighted by atomic mass is 16.6. The predicted molar refractivity (Wildman–Crippen MR) is 89.2 cm³/mol. The van der Waals surface area contributed by atoms with E-state index in [1.165, 1.54) is 37.4 Å². The summed E-state index contributed by atoms with van der Waals surface area (Å²) in [5.74, 6) is -0.649. The molecule has 0 spiro atoms. The zero-order chi connectivity index (χ0) is 18.4. The molecule has 1 fully saturated rings. The van der Waals surface area contributed by atoms with Crippen LogP contribution in [0.1, 0.15) is 6.92 Å². The maximum absolute atomic E-state index is 12.2. The molecule has 1 N–H and O–H groups in total. The zero-order valence-electron chi connectivity index (χ0n) is 13.6. The molecule has 0 bridgehead atoms. The lowest BCUT2D eigenvalue weighted by atomic mass is 10.2. The van der Waals surface area contributed by atoms with Crippen molar-refractivity contribution < 1.29 is 14.5 Å². The fourth-order valence-electron chi connectivity index (χ4n) is 2.38. The van der Waals surface area contributed by atoms with Crippen LogP contribution in [0.3, 0.4) is 0 Å². The van der Waals surface area contributed by atoms with Gasteiger partial charge in [0.15, 0.2) is 0 Å². The van der Waals surface area contributed by atoms with Crippen LogP contribution in [0, 0.1) is 21.4 Å². The lowest BCUT2D eigenvalue weighted by molar-refractivity contribution is -0.384. The van der Waals surface area contributed by atoms with Gasteiger partial charge < -0.3 is 15.1 Å². The quantitative estimate of drug-likeness (QED) is 0.378. The summed E-state index contributed by atoms with van der Waals surface area (Å²) in [6.45, 7) is 3.59. The van der Waals surface area contributed by atoms with E-state index in [0.717, 1.165) is 0 Å². The number of nitro benzene ring substituents is 1. The van der Waals surface area contributed by atoms with Crippen molar-refractivity contribution in [1.82, 2.24) is 9.80 Å². The molecule has 2 amide bonds. The van der Waals surface area contributed by atoms with Gasteiger partial charge in [0.25, 0.3) is 11.6 Å². The first-order valence-corrected chi connectivity index (χ1v) is 7.58. The lowest BCUT2D eigenvalue weighted by Crippen LogP contribution is -2.46. The van der Waals surface area contributed by atoms with Crippen LogP contribution in [-0.4, -0.2) is 52.7 Å². The number of rotatable bonds is 4. The second-order valence-corrected chi connectivity index (χ2v) is 5.46. The SMILES string of the molecule is CC(=O)N1CCN(/C=C(/C#N)C(=O)Nc2cccc([N+](=O)[O-])c2)CC1. The molecule has 0 unspecified atom stereocenters. The summed E-state index contributed by atoms with van der Waals surface area (Å²) >= 11 is 0. The third-order valence-corrected chi connectivity index (χ3v) is 3.75. The van der Waals surface area contributed by atoms with Gasteiger partial charge in [-0.2, -0.15) is 5.26 Å². The smallest absolute Gasteiger partial charge is 0.271 e. The number of amides is 2. The number of nitriles is 1. The molecule has 1 aliphatic heterocycles. The molecule has 9 nitrogen and oxygen atoms in total. The van der Waals surface area contributed by atoms with Crippen LogP contribution in [0.25, 0.3) is 0 Å². The van der Waals surface area contributed by atoms with Gasteiger partial charge in [0.1, 0.15) is 11.6 Å². The van der Waals surface area contributed by atoms with Gasteiger partial charge in [-0.3, -0.25) is 19.7 Å². The zero-order valence-corrected chi connectivity index (χ0v) is 13.6. The Morgan fingerprint density at radius 1 is 1.32 bits per heavy atom. The number of nitrogens with zero attached hydrogens (tertiary/aromatic N) is 4. The van der Waals surface area contributed by atoms with E-state index in [1.807, 2.05) is 6.07 Å². The van der Waals surface area contributed by atoms with E-state index in [0.29, 0.717) is 26.2 Å². The maximum atomic E-state index is 12.2. The summed E-state index contributed by atoms with van der Waals surface area (Å²) in [6, 6.07) is 7.32. The van der Waals surface area contributed by atoms with Crippen molar-refractivity contribution in [3.63, 3.8) is 0 Å². The number of carbonyl (C=O) groups excluding carboxylic acids is 2. The lowest BCUT2D eigenvalue weighted by Gasteiger charge is -2.33. The van der Waals surface area contributed by atoms with Crippen molar-refractivity contribution >= 4 is 23.2 Å². The standard InChI is InChI=1S/C16H17N5O4/c1-12(22)20-7-5-19(6-8-20)11-13(10-17)16(23)18-14-3-2-4-15(9-14)21(24)25/h2-4,9,11H,5-8H2,1H3,(H,18,23)/b13-11-. The van der Waals surface area contributed by atoms with Gasteiger partial charge in [0.05, 0.1) is 4.92 Å². The van der Waals surface area contributed by atoms with Crippen molar-refractivity contribution in [2.24, 2.45) is 0 Å². The highest BCUT2D eigenvalue weighted by Crippen LogP contribution is 2.17. The van der Waals surface area contributed by atoms with Gasteiger partial charge >= 0.3 is 0 Å². The van der Waals surface area contributed by atoms with Gasteiger partial charge in [0, 0.05) is 57.1 Å². The van der Waals surface area contributed by atoms with E-state index in [1.54, 1.807) is 9.80 Å². The molecule has 2 rings (SSSR count). The normalized spacial score (nSPS) is 14.6. The van der Waals surface area contributed by atoms with E-state index in [-0.39, 0.29) is 22.9 Å². The van der Waals surface area contributed by atoms with Crippen LogP contribution >= 0.6 is 0 Å². The first-order valence-electron chi connectivity index (χ1n) is 7.58. The van der Waals surface area contributed by atoms with Crippen molar-refractivity contribution in [2.45, 2.75) is 6.92 Å². The minimum Gasteiger partial charge on any atom is -0.373 e. The molecule has 1 aromatic carbocycles. The van der Waals surface area contributed by atoms with Crippen LogP contribution in [0.4, 0.5) is 11.4 Å². The molecule has 130 valence electrons. The number of hydrogen-bond acceptors (Lipinski definition) is 6. The molecule has 0 aromatic heterocycles. The van der Waals surface area contributed by atoms with Gasteiger partial charge in [0.2, 0.25) is 5.91 Å². The second-order valence-electron chi connectivity index (χ2n) is 5.46. The highest BCUT2D eigenvalue weighted by molar-refractivity contribution is 6.06. The molecule has 1 saturated heterocycles. The second kappa shape index (κ2) is 7.92. The van der Waals surface area contributed by atoms with E-state index >= 15 is 0 Å². The molecular formula is C16H17N5O4. The maximum Gasteiger partial charge on any atom is 0.271 e. The van der Waals surface area contributed by atoms with Crippen molar-refractivity contribution in [3.05, 3.63) is 46.2 Å². The number of benzene rings is 1. The average Bonchev–Trinajstić information content (AvgIpc) is 2.60. The average molecular weight is 343 g/mol. The summed E-state index contributed by atoms with van der Waals surface area (Å²) in [5.41, 5.74) is -0.0230. The molecule has 0 radical (unpaired) electrons. The van der Waals surface area contributed by atoms with Crippen LogP contribution in [0.2, 0.25) is 0 Å². The van der Waals surface area contributed by atoms with Crippen LogP contribution in [0.15, 0.2) is 36.0 Å². The van der Waals surface area contributed by atoms with Crippen LogP contribution in [0.5, 0.6) is 0 Å². The van der Waals surface area contributed by atoms with Gasteiger partial charge in [-0.1, -0.05) is 6.07 Å². The van der Waals surface area contributed by atoms with E-state index in [2.05, 4.69) is 5.32 Å². The Morgan fingerprint density at radius 2 is 2.00 bits per heavy atom. The number of nitrogens with one attached hydrogen (secondary N) is 1. The Hall–Kier alpha value is -3.41. The minimum atomic E-state index is -0.642. The molecule has 0 saturated carbocycles. The third-order valence-electron chi connectivity index (χ3n) is 3.75. The number of carbonyl (C=O) groups is 2. The summed E-state index contributed by atoms with van der Waals surface area (Å²) < 4.78 is 0. The van der Waals surface area contributed by atoms with Crippen molar-refractivity contribution in [2.75, 3.05) is 31.5 Å². The summed E-state index contributed by atoms with van der Waals surface area (Å²) in [7, 11) is 0. The topological polar surface area (TPSA) is 120 Å². The number of anilines is 1. The molecule has 0 atom stereocenters. The summed E-state index contributed by atoms with van der Waals surface area (Å²) in [6.07, 6.45) is 1.45. The largest absolute Gasteiger partial charge is 0.373 e. The fraction of sp³-hybridized carbons (Fsp3) is 0.312. The van der Waals surface area contributed by atoms with E-state index in [4.69, 9.17) is 0 Å². The van der Waals surface area contributed by atoms with Gasteiger partial charge in [-0.05, 0) is 6.07 Å². The number of piperazine rings is 1. The van der Waals surface area contributed by atoms with Crippen molar-refractivity contribution in [3.8, 4) is 6.07 Å². The number of non-ortho nitro benzene ring substituents is 1. The first-order chi connectivity index (χ1) is 11.9. The summed E-state index contributed by atoms with van der Waals surface area (Å²) in [4.78, 5) is 37.2. The molecule has 1 aromatic rings. The van der Waals surface area contributed by atoms with Gasteiger partial charge in [-0.25, -0.2) is 0 Å². The van der Waals surface area contributed by atoms with Gasteiger partial charge in [-0.15, -0.1) is 0 Å². The predicted octanol–water partition coefficient (Wildman–Crippen LogP) is 1.10. The Bertz CT molecular complexity index is 760.